The van der Waals surface area contributed by atoms with Gasteiger partial charge in [0.05, 0.1) is 12.2 Å². The molecule has 0 spiro atoms. The maximum atomic E-state index is 12.9. The molecule has 2 aliphatic heterocycles. The molecule has 8 heteroatoms. The summed E-state index contributed by atoms with van der Waals surface area (Å²) in [6, 6.07) is 5.46. The van der Waals surface area contributed by atoms with Gasteiger partial charge < -0.3 is 19.5 Å². The first kappa shape index (κ1) is 19.7. The first-order valence-corrected chi connectivity index (χ1v) is 10.6. The van der Waals surface area contributed by atoms with Crippen molar-refractivity contribution in [2.45, 2.75) is 39.8 Å². The van der Waals surface area contributed by atoms with Crippen LogP contribution >= 0.6 is 11.3 Å². The number of hydrogen-bond acceptors (Lipinski definition) is 7. The van der Waals surface area contributed by atoms with Gasteiger partial charge in [-0.15, -0.1) is 11.3 Å². The average Bonchev–Trinajstić information content (AvgIpc) is 3.30. The molecule has 0 aliphatic carbocycles. The van der Waals surface area contributed by atoms with Gasteiger partial charge in [0.25, 0.3) is 5.91 Å². The Labute approximate surface area is 173 Å². The Kier molecular flexibility index (Phi) is 5.47. The number of thiophene rings is 1. The van der Waals surface area contributed by atoms with E-state index in [0.717, 1.165) is 30.0 Å². The van der Waals surface area contributed by atoms with Gasteiger partial charge in [-0.1, -0.05) is 0 Å². The van der Waals surface area contributed by atoms with Crippen molar-refractivity contribution in [2.75, 3.05) is 25.3 Å². The normalized spacial score (nSPS) is 15.3. The highest BCUT2D eigenvalue weighted by Crippen LogP contribution is 2.39. The molecule has 2 aromatic rings. The van der Waals surface area contributed by atoms with Crippen molar-refractivity contribution in [1.29, 1.82) is 0 Å². The number of carbonyl (C=O) groups excluding carboxylic acids is 2. The van der Waals surface area contributed by atoms with Crippen molar-refractivity contribution >= 4 is 28.2 Å². The maximum absolute atomic E-state index is 12.9. The van der Waals surface area contributed by atoms with E-state index in [1.165, 1.54) is 11.3 Å². The quantitative estimate of drug-likeness (QED) is 0.750. The van der Waals surface area contributed by atoms with Crippen molar-refractivity contribution in [3.05, 3.63) is 39.8 Å². The Morgan fingerprint density at radius 3 is 2.83 bits per heavy atom. The van der Waals surface area contributed by atoms with Gasteiger partial charge in [0.2, 0.25) is 6.79 Å². The largest absolute Gasteiger partial charge is 0.462 e. The lowest BCUT2D eigenvalue weighted by atomic mass is 10.0. The summed E-state index contributed by atoms with van der Waals surface area (Å²) in [5.74, 6) is 0.479. The molecule has 3 heterocycles. The molecule has 1 amide bonds. The summed E-state index contributed by atoms with van der Waals surface area (Å²) in [5, 5.41) is 3.47. The van der Waals surface area contributed by atoms with Crippen LogP contribution < -0.4 is 14.8 Å². The molecule has 0 saturated heterocycles. The fraction of sp³-hybridized carbons (Fsp3) is 0.429. The lowest BCUT2D eigenvalue weighted by Crippen LogP contribution is -2.35. The minimum atomic E-state index is -0.385. The molecule has 0 bridgehead atoms. The third-order valence-electron chi connectivity index (χ3n) is 5.16. The van der Waals surface area contributed by atoms with Crippen LogP contribution in [0.5, 0.6) is 11.5 Å². The first-order valence-electron chi connectivity index (χ1n) is 9.74. The third kappa shape index (κ3) is 3.82. The summed E-state index contributed by atoms with van der Waals surface area (Å²) in [6.07, 6.45) is 0.762. The molecule has 0 unspecified atom stereocenters. The minimum absolute atomic E-state index is 0.150. The molecule has 29 heavy (non-hydrogen) atoms. The number of fused-ring (bicyclic) bond motifs is 2. The van der Waals surface area contributed by atoms with E-state index in [2.05, 4.69) is 24.1 Å². The molecule has 1 aromatic heterocycles. The molecule has 4 rings (SSSR count). The number of nitrogens with one attached hydrogen (secondary N) is 1. The molecule has 1 aromatic carbocycles. The predicted molar refractivity (Wildman–Crippen MR) is 110 cm³/mol. The Bertz CT molecular complexity index is 953. The zero-order valence-electron chi connectivity index (χ0n) is 16.7. The average molecular weight is 416 g/mol. The third-order valence-corrected chi connectivity index (χ3v) is 6.29. The van der Waals surface area contributed by atoms with Crippen LogP contribution in [0.15, 0.2) is 18.2 Å². The fourth-order valence-corrected chi connectivity index (χ4v) is 4.84. The predicted octanol–water partition coefficient (Wildman–Crippen LogP) is 3.67. The van der Waals surface area contributed by atoms with Gasteiger partial charge in [0, 0.05) is 29.6 Å². The molecule has 0 radical (unpaired) electrons. The smallest absolute Gasteiger partial charge is 0.341 e. The second-order valence-corrected chi connectivity index (χ2v) is 8.37. The summed E-state index contributed by atoms with van der Waals surface area (Å²) in [7, 11) is 0. The molecule has 0 fully saturated rings. The van der Waals surface area contributed by atoms with Gasteiger partial charge >= 0.3 is 5.97 Å². The first-order chi connectivity index (χ1) is 14.0. The molecular formula is C21H24N2O5S. The van der Waals surface area contributed by atoms with Crippen LogP contribution in [0, 0.1) is 0 Å². The molecular weight excluding hydrogens is 392 g/mol. The van der Waals surface area contributed by atoms with Gasteiger partial charge in [0.15, 0.2) is 11.5 Å². The Morgan fingerprint density at radius 1 is 1.28 bits per heavy atom. The van der Waals surface area contributed by atoms with E-state index in [0.29, 0.717) is 33.7 Å². The van der Waals surface area contributed by atoms with E-state index < -0.39 is 0 Å². The topological polar surface area (TPSA) is 77.1 Å². The summed E-state index contributed by atoms with van der Waals surface area (Å²) >= 11 is 1.46. The molecule has 7 nitrogen and oxygen atoms in total. The maximum Gasteiger partial charge on any atom is 0.341 e. The number of rotatable bonds is 5. The van der Waals surface area contributed by atoms with Crippen LogP contribution in [0.4, 0.5) is 5.00 Å². The van der Waals surface area contributed by atoms with Gasteiger partial charge in [-0.3, -0.25) is 9.69 Å². The zero-order valence-corrected chi connectivity index (χ0v) is 17.6. The molecule has 0 saturated carbocycles. The van der Waals surface area contributed by atoms with E-state index in [1.807, 2.05) is 0 Å². The van der Waals surface area contributed by atoms with Gasteiger partial charge in [-0.05, 0) is 51.0 Å². The Balaban J connectivity index is 1.64. The Hall–Kier alpha value is -2.58. The van der Waals surface area contributed by atoms with Crippen molar-refractivity contribution in [3.8, 4) is 11.5 Å². The molecule has 2 aliphatic rings. The second-order valence-electron chi connectivity index (χ2n) is 7.26. The fourth-order valence-electron chi connectivity index (χ4n) is 3.58. The van der Waals surface area contributed by atoms with Crippen LogP contribution in [-0.4, -0.2) is 42.8 Å². The van der Waals surface area contributed by atoms with Gasteiger partial charge in [-0.25, -0.2) is 4.79 Å². The van der Waals surface area contributed by atoms with E-state index in [4.69, 9.17) is 14.2 Å². The number of hydrogen-bond donors (Lipinski definition) is 1. The van der Waals surface area contributed by atoms with E-state index >= 15 is 0 Å². The van der Waals surface area contributed by atoms with E-state index in [9.17, 15) is 9.59 Å². The number of ether oxygens (including phenoxy) is 3. The number of amides is 1. The standard InChI is InChI=1S/C21H24N2O5S/c1-4-26-21(25)18-14-7-8-23(12(2)3)10-17(14)29-20(18)22-19(24)13-5-6-15-16(9-13)28-11-27-15/h5-6,9,12H,4,7-8,10-11H2,1-3H3,(H,22,24). The SMILES string of the molecule is CCOC(=O)c1c(NC(=O)c2ccc3c(c2)OCO3)sc2c1CCN(C(C)C)C2. The van der Waals surface area contributed by atoms with Crippen LogP contribution in [0.25, 0.3) is 0 Å². The number of nitrogens with zero attached hydrogens (tertiary/aromatic N) is 1. The van der Waals surface area contributed by atoms with E-state index in [-0.39, 0.29) is 25.3 Å². The van der Waals surface area contributed by atoms with Gasteiger partial charge in [-0.2, -0.15) is 0 Å². The van der Waals surface area contributed by atoms with Crippen LogP contribution in [0.2, 0.25) is 0 Å². The van der Waals surface area contributed by atoms with Crippen molar-refractivity contribution < 1.29 is 23.8 Å². The van der Waals surface area contributed by atoms with E-state index in [1.54, 1.807) is 25.1 Å². The molecule has 1 N–H and O–H groups in total. The highest BCUT2D eigenvalue weighted by Gasteiger charge is 2.30. The minimum Gasteiger partial charge on any atom is -0.462 e. The zero-order chi connectivity index (χ0) is 20.5. The molecule has 0 atom stereocenters. The second kappa shape index (κ2) is 8.04. The summed E-state index contributed by atoms with van der Waals surface area (Å²) in [4.78, 5) is 29.0. The number of benzene rings is 1. The highest BCUT2D eigenvalue weighted by molar-refractivity contribution is 7.17. The monoisotopic (exact) mass is 416 g/mol. The van der Waals surface area contributed by atoms with Crippen LogP contribution in [-0.2, 0) is 17.7 Å². The molecule has 154 valence electrons. The van der Waals surface area contributed by atoms with Crippen LogP contribution in [0.1, 0.15) is 51.9 Å². The summed E-state index contributed by atoms with van der Waals surface area (Å²) < 4.78 is 15.9. The summed E-state index contributed by atoms with van der Waals surface area (Å²) in [5.41, 5.74) is 1.93. The number of carbonyl (C=O) groups is 2. The highest BCUT2D eigenvalue weighted by atomic mass is 32.1. The lowest BCUT2D eigenvalue weighted by molar-refractivity contribution is 0.0526. The summed E-state index contributed by atoms with van der Waals surface area (Å²) in [6.45, 7) is 8.18. The number of anilines is 1. The van der Waals surface area contributed by atoms with Crippen molar-refractivity contribution in [1.82, 2.24) is 4.90 Å². The lowest BCUT2D eigenvalue weighted by Gasteiger charge is -2.30. The van der Waals surface area contributed by atoms with Gasteiger partial charge in [0.1, 0.15) is 5.00 Å². The Morgan fingerprint density at radius 2 is 2.07 bits per heavy atom. The van der Waals surface area contributed by atoms with Crippen molar-refractivity contribution in [2.24, 2.45) is 0 Å². The van der Waals surface area contributed by atoms with Crippen LogP contribution in [0.3, 0.4) is 0 Å². The number of esters is 1. The van der Waals surface area contributed by atoms with Crippen molar-refractivity contribution in [3.63, 3.8) is 0 Å².